The van der Waals surface area contributed by atoms with Crippen molar-refractivity contribution in [3.05, 3.63) is 60.8 Å². The molecule has 0 atom stereocenters. The summed E-state index contributed by atoms with van der Waals surface area (Å²) < 4.78 is 30.2. The topological polar surface area (TPSA) is 51.6 Å². The summed E-state index contributed by atoms with van der Waals surface area (Å²) in [6.07, 6.45) is -0.00778. The lowest BCUT2D eigenvalue weighted by atomic mass is 10.2. The first-order valence-electron chi connectivity index (χ1n) is 7.26. The summed E-state index contributed by atoms with van der Waals surface area (Å²) in [5.41, 5.74) is 1.69. The summed E-state index contributed by atoms with van der Waals surface area (Å²) in [5.74, 6) is 0. The number of nitrogens with zero attached hydrogens (tertiary/aromatic N) is 4. The van der Waals surface area contributed by atoms with E-state index in [-0.39, 0.29) is 24.4 Å². The van der Waals surface area contributed by atoms with Crippen molar-refractivity contribution in [3.63, 3.8) is 0 Å². The van der Waals surface area contributed by atoms with Gasteiger partial charge in [-0.2, -0.15) is 0 Å². The molecule has 3 heterocycles. The molecule has 0 amide bonds. The quantitative estimate of drug-likeness (QED) is 0.693. The van der Waals surface area contributed by atoms with E-state index in [1.807, 2.05) is 0 Å². The van der Waals surface area contributed by atoms with Crippen molar-refractivity contribution in [2.45, 2.75) is 0 Å². The van der Waals surface area contributed by atoms with Crippen molar-refractivity contribution in [2.75, 3.05) is 0 Å². The van der Waals surface area contributed by atoms with Crippen LogP contribution in [-0.2, 0) is 0 Å². The molecule has 0 spiro atoms. The molecular formula is C14H10N4. The summed E-state index contributed by atoms with van der Waals surface area (Å²) in [7, 11) is 0. The van der Waals surface area contributed by atoms with Crippen molar-refractivity contribution < 1.29 is 5.48 Å². The Morgan fingerprint density at radius 3 is 1.56 bits per heavy atom. The number of rotatable bonds is 2. The van der Waals surface area contributed by atoms with Gasteiger partial charge < -0.3 is 0 Å². The van der Waals surface area contributed by atoms with Crippen molar-refractivity contribution in [2.24, 2.45) is 0 Å². The largest absolute Gasteiger partial charge is 0.255 e. The van der Waals surface area contributed by atoms with E-state index in [1.165, 1.54) is 24.3 Å². The molecule has 4 heteroatoms. The SMILES string of the molecule is [3H]c1cc([3H])nc(-c2ccc(-c3cc([3H])cc([3H])n3)nn2)c1. The molecule has 86 valence electrons. The highest BCUT2D eigenvalue weighted by atomic mass is 15.1. The van der Waals surface area contributed by atoms with E-state index in [9.17, 15) is 0 Å². The predicted molar refractivity (Wildman–Crippen MR) is 68.5 cm³/mol. The molecule has 0 fully saturated rings. The predicted octanol–water partition coefficient (Wildman–Crippen LogP) is 2.60. The number of pyridine rings is 2. The van der Waals surface area contributed by atoms with Crippen LogP contribution in [-0.4, -0.2) is 20.2 Å². The minimum absolute atomic E-state index is 0.00389. The first kappa shape index (κ1) is 6.96. The van der Waals surface area contributed by atoms with Gasteiger partial charge in [-0.05, 0) is 36.4 Å². The van der Waals surface area contributed by atoms with Crippen LogP contribution in [0.2, 0.25) is 0 Å². The fraction of sp³-hybridized carbons (Fsp3) is 0. The zero-order valence-electron chi connectivity index (χ0n) is 13.3. The summed E-state index contributed by atoms with van der Waals surface area (Å²) >= 11 is 0. The van der Waals surface area contributed by atoms with E-state index < -0.39 is 0 Å². The summed E-state index contributed by atoms with van der Waals surface area (Å²) in [6, 6.07) is 9.37. The lowest BCUT2D eigenvalue weighted by Gasteiger charge is -2.01. The Morgan fingerprint density at radius 1 is 0.667 bits per heavy atom. The van der Waals surface area contributed by atoms with Crippen LogP contribution < -0.4 is 0 Å². The second-order valence-electron chi connectivity index (χ2n) is 3.47. The van der Waals surface area contributed by atoms with Gasteiger partial charge in [0, 0.05) is 12.3 Å². The Balaban J connectivity index is 1.98. The molecule has 0 radical (unpaired) electrons. The lowest BCUT2D eigenvalue weighted by molar-refractivity contribution is 1.03. The summed E-state index contributed by atoms with van der Waals surface area (Å²) in [5, 5.41) is 8.05. The van der Waals surface area contributed by atoms with E-state index in [2.05, 4.69) is 20.2 Å². The van der Waals surface area contributed by atoms with E-state index in [1.54, 1.807) is 12.1 Å². The third-order valence-electron chi connectivity index (χ3n) is 2.30. The van der Waals surface area contributed by atoms with Gasteiger partial charge in [0.1, 0.15) is 11.4 Å². The molecule has 4 nitrogen and oxygen atoms in total. The maximum Gasteiger partial charge on any atom is 0.111 e. The monoisotopic (exact) mass is 242 g/mol. The van der Waals surface area contributed by atoms with Crippen molar-refractivity contribution in [1.82, 2.24) is 20.2 Å². The molecule has 3 aromatic rings. The third-order valence-corrected chi connectivity index (χ3v) is 2.30. The Bertz CT molecular complexity index is 726. The zero-order chi connectivity index (χ0) is 15.7. The van der Waals surface area contributed by atoms with Crippen LogP contribution in [0.1, 0.15) is 5.48 Å². The normalized spacial score (nSPS) is 13.3. The van der Waals surface area contributed by atoms with Gasteiger partial charge in [-0.3, -0.25) is 9.97 Å². The molecular weight excluding hydrogens is 224 g/mol. The molecule has 0 aliphatic rings. The number of aromatic nitrogens is 4. The van der Waals surface area contributed by atoms with Gasteiger partial charge in [0.25, 0.3) is 0 Å². The van der Waals surface area contributed by atoms with Gasteiger partial charge in [0.05, 0.1) is 16.9 Å². The van der Waals surface area contributed by atoms with Crippen LogP contribution in [0, 0.1) is 0 Å². The Kier molecular flexibility index (Phi) is 1.82. The minimum atomic E-state index is -0.00389. The molecule has 0 saturated heterocycles. The molecule has 3 rings (SSSR count). The second kappa shape index (κ2) is 4.71. The fourth-order valence-electron chi connectivity index (χ4n) is 1.45. The molecule has 0 unspecified atom stereocenters. The maximum atomic E-state index is 7.59. The highest BCUT2D eigenvalue weighted by molar-refractivity contribution is 5.58. The minimum Gasteiger partial charge on any atom is -0.255 e. The maximum absolute atomic E-state index is 7.59. The summed E-state index contributed by atoms with van der Waals surface area (Å²) in [4.78, 5) is 8.01. The fourth-order valence-corrected chi connectivity index (χ4v) is 1.45. The lowest BCUT2D eigenvalue weighted by Crippen LogP contribution is -1.93. The van der Waals surface area contributed by atoms with Gasteiger partial charge in [-0.25, -0.2) is 0 Å². The van der Waals surface area contributed by atoms with Gasteiger partial charge in [0.2, 0.25) is 0 Å². The van der Waals surface area contributed by atoms with Crippen LogP contribution in [0.3, 0.4) is 0 Å². The third kappa shape index (κ3) is 2.08. The van der Waals surface area contributed by atoms with Crippen molar-refractivity contribution >= 4 is 0 Å². The molecule has 0 N–H and O–H groups in total. The zero-order valence-corrected chi connectivity index (χ0v) is 9.25. The molecule has 0 saturated carbocycles. The average Bonchev–Trinajstić information content (AvgIpc) is 2.45. The van der Waals surface area contributed by atoms with E-state index in [4.69, 9.17) is 5.48 Å². The first-order chi connectivity index (χ1) is 10.5. The standard InChI is InChI=1S/C14H10N4/c1-3-9-15-11(5-1)13-7-8-14(18-17-13)12-6-2-4-10-16-12/h1-10H/i1T,2T,9T,10T. The van der Waals surface area contributed by atoms with Crippen molar-refractivity contribution in [3.8, 4) is 22.8 Å². The summed E-state index contributed by atoms with van der Waals surface area (Å²) in [6.45, 7) is 0. The Morgan fingerprint density at radius 2 is 1.17 bits per heavy atom. The van der Waals surface area contributed by atoms with E-state index in [0.717, 1.165) is 0 Å². The van der Waals surface area contributed by atoms with Gasteiger partial charge in [-0.1, -0.05) is 12.1 Å². The van der Waals surface area contributed by atoms with Crippen LogP contribution in [0.5, 0.6) is 0 Å². The van der Waals surface area contributed by atoms with Gasteiger partial charge in [0.15, 0.2) is 0 Å². The molecule has 18 heavy (non-hydrogen) atoms. The van der Waals surface area contributed by atoms with Gasteiger partial charge in [-0.15, -0.1) is 10.2 Å². The van der Waals surface area contributed by atoms with Crippen LogP contribution in [0.15, 0.2) is 60.8 Å². The van der Waals surface area contributed by atoms with Crippen LogP contribution in [0.25, 0.3) is 22.8 Å². The Hall–Kier alpha value is -2.62. The van der Waals surface area contributed by atoms with Crippen LogP contribution in [0.4, 0.5) is 0 Å². The Labute approximate surface area is 110 Å². The number of hydrogen-bond acceptors (Lipinski definition) is 4. The van der Waals surface area contributed by atoms with Crippen molar-refractivity contribution in [1.29, 1.82) is 0 Å². The average molecular weight is 242 g/mol. The first-order valence-corrected chi connectivity index (χ1v) is 5.26. The molecule has 0 aromatic carbocycles. The number of hydrogen-bond donors (Lipinski definition) is 0. The van der Waals surface area contributed by atoms with Gasteiger partial charge >= 0.3 is 0 Å². The second-order valence-corrected chi connectivity index (χ2v) is 3.47. The molecule has 0 aliphatic carbocycles. The molecule has 3 aromatic heterocycles. The highest BCUT2D eigenvalue weighted by Gasteiger charge is 2.03. The highest BCUT2D eigenvalue weighted by Crippen LogP contribution is 2.16. The van der Waals surface area contributed by atoms with E-state index in [0.29, 0.717) is 22.8 Å². The molecule has 0 aliphatic heterocycles. The van der Waals surface area contributed by atoms with Crippen LogP contribution >= 0.6 is 0 Å². The smallest absolute Gasteiger partial charge is 0.111 e. The molecule has 0 bridgehead atoms. The van der Waals surface area contributed by atoms with E-state index >= 15 is 0 Å².